The van der Waals surface area contributed by atoms with Crippen LogP contribution in [0.5, 0.6) is 0 Å². The van der Waals surface area contributed by atoms with Gasteiger partial charge in [0.05, 0.1) is 11.8 Å². The monoisotopic (exact) mass is 449 g/mol. The Labute approximate surface area is 169 Å². The minimum atomic E-state index is -5.08. The number of alkyl halides is 3. The summed E-state index contributed by atoms with van der Waals surface area (Å²) in [5.74, 6) is -1.96. The lowest BCUT2D eigenvalue weighted by atomic mass is 9.66. The van der Waals surface area contributed by atoms with E-state index in [-0.39, 0.29) is 17.7 Å². The van der Waals surface area contributed by atoms with Gasteiger partial charge in [-0.3, -0.25) is 9.59 Å². The third-order valence-electron chi connectivity index (χ3n) is 3.92. The lowest BCUT2D eigenvalue weighted by Gasteiger charge is -2.40. The molecule has 1 saturated carbocycles. The summed E-state index contributed by atoms with van der Waals surface area (Å²) in [6.07, 6.45) is -1.03. The highest BCUT2D eigenvalue weighted by Crippen LogP contribution is 2.44. The van der Waals surface area contributed by atoms with E-state index in [1.807, 2.05) is 6.92 Å². The molecule has 3 N–H and O–H groups in total. The van der Waals surface area contributed by atoms with Gasteiger partial charge >= 0.3 is 18.1 Å². The molecule has 0 aromatic heterocycles. The fourth-order valence-electron chi connectivity index (χ4n) is 2.25. The van der Waals surface area contributed by atoms with Crippen LogP contribution in [0.4, 0.5) is 13.2 Å². The van der Waals surface area contributed by atoms with Crippen molar-refractivity contribution in [3.8, 4) is 0 Å². The van der Waals surface area contributed by atoms with Crippen molar-refractivity contribution in [3.05, 3.63) is 0 Å². The second-order valence-corrected chi connectivity index (χ2v) is 8.63. The number of carboxylic acid groups (broad SMARTS) is 2. The predicted octanol–water partition coefficient (Wildman–Crippen LogP) is 3.19. The topological polar surface area (TPSA) is 113 Å². The number of carbonyl (C=O) groups is 3. The minimum absolute atomic E-state index is 0.157. The van der Waals surface area contributed by atoms with Crippen LogP contribution in [0.3, 0.4) is 0 Å². The Morgan fingerprint density at radius 2 is 1.71 bits per heavy atom. The standard InChI is InChI=1S/C14H25NO4S2.C2HF3O2/c1-2-19-9-7-14(5-3-6-14)13(18)15-8-11-21-20-10-4-12(16)17;3-2(4,5)1(6)7/h2-11H2,1H3,(H,15,18)(H,16,17);(H,6,7). The van der Waals surface area contributed by atoms with Gasteiger partial charge < -0.3 is 20.3 Å². The number of rotatable bonds is 12. The molecule has 0 heterocycles. The summed E-state index contributed by atoms with van der Waals surface area (Å²) >= 11 is 0. The molecule has 0 saturated heterocycles. The molecule has 1 aliphatic carbocycles. The molecule has 0 bridgehead atoms. The Kier molecular flexibility index (Phi) is 13.4. The average Bonchev–Trinajstić information content (AvgIpc) is 2.55. The molecule has 0 aromatic rings. The quantitative estimate of drug-likeness (QED) is 0.308. The van der Waals surface area contributed by atoms with Crippen LogP contribution in [-0.4, -0.2) is 65.5 Å². The van der Waals surface area contributed by atoms with Gasteiger partial charge in [-0.2, -0.15) is 13.2 Å². The van der Waals surface area contributed by atoms with Crippen LogP contribution in [0.2, 0.25) is 0 Å². The van der Waals surface area contributed by atoms with Crippen molar-refractivity contribution >= 4 is 39.4 Å². The number of carbonyl (C=O) groups excluding carboxylic acids is 1. The summed E-state index contributed by atoms with van der Waals surface area (Å²) in [6.45, 7) is 3.96. The van der Waals surface area contributed by atoms with Gasteiger partial charge in [-0.15, -0.1) is 0 Å². The Bertz CT molecular complexity index is 501. The molecule has 12 heteroatoms. The second kappa shape index (κ2) is 13.9. The number of nitrogens with one attached hydrogen (secondary N) is 1. The van der Waals surface area contributed by atoms with Gasteiger partial charge in [0, 0.05) is 31.3 Å². The first-order valence-electron chi connectivity index (χ1n) is 8.67. The second-order valence-electron chi connectivity index (χ2n) is 5.93. The van der Waals surface area contributed by atoms with Gasteiger partial charge in [0.15, 0.2) is 0 Å². The number of ether oxygens (including phenoxy) is 1. The van der Waals surface area contributed by atoms with Crippen LogP contribution in [0.25, 0.3) is 0 Å². The van der Waals surface area contributed by atoms with Crippen LogP contribution in [0.15, 0.2) is 0 Å². The Balaban J connectivity index is 0.000000887. The Morgan fingerprint density at radius 3 is 2.14 bits per heavy atom. The van der Waals surface area contributed by atoms with E-state index in [4.69, 9.17) is 19.7 Å². The maximum atomic E-state index is 12.3. The highest BCUT2D eigenvalue weighted by molar-refractivity contribution is 8.76. The highest BCUT2D eigenvalue weighted by atomic mass is 33.1. The first-order valence-corrected chi connectivity index (χ1v) is 11.2. The largest absolute Gasteiger partial charge is 0.490 e. The maximum absolute atomic E-state index is 12.3. The molecule has 1 aliphatic rings. The number of amides is 1. The molecule has 1 fully saturated rings. The first-order chi connectivity index (χ1) is 13.0. The fourth-order valence-corrected chi connectivity index (χ4v) is 4.13. The molecule has 164 valence electrons. The van der Waals surface area contributed by atoms with E-state index in [9.17, 15) is 22.8 Å². The molecule has 0 spiro atoms. The zero-order valence-electron chi connectivity index (χ0n) is 15.5. The van der Waals surface area contributed by atoms with Crippen LogP contribution in [0, 0.1) is 5.41 Å². The van der Waals surface area contributed by atoms with E-state index in [1.54, 1.807) is 21.6 Å². The van der Waals surface area contributed by atoms with Crippen molar-refractivity contribution in [1.82, 2.24) is 5.32 Å². The number of hydrogen-bond donors (Lipinski definition) is 3. The third-order valence-corrected chi connectivity index (χ3v) is 6.33. The summed E-state index contributed by atoms with van der Waals surface area (Å²) in [6, 6.07) is 0. The normalized spacial score (nSPS) is 15.0. The van der Waals surface area contributed by atoms with Gasteiger partial charge in [-0.05, 0) is 26.2 Å². The van der Waals surface area contributed by atoms with Crippen molar-refractivity contribution in [2.24, 2.45) is 5.41 Å². The lowest BCUT2D eigenvalue weighted by molar-refractivity contribution is -0.192. The summed E-state index contributed by atoms with van der Waals surface area (Å²) in [7, 11) is 3.15. The minimum Gasteiger partial charge on any atom is -0.481 e. The van der Waals surface area contributed by atoms with Crippen LogP contribution in [0.1, 0.15) is 39.0 Å². The molecule has 1 rings (SSSR count). The summed E-state index contributed by atoms with van der Waals surface area (Å²) in [5.41, 5.74) is -0.198. The summed E-state index contributed by atoms with van der Waals surface area (Å²) < 4.78 is 37.1. The van der Waals surface area contributed by atoms with Crippen molar-refractivity contribution < 1.29 is 42.5 Å². The molecule has 0 atom stereocenters. The van der Waals surface area contributed by atoms with Crippen LogP contribution >= 0.6 is 21.6 Å². The molecule has 28 heavy (non-hydrogen) atoms. The van der Waals surface area contributed by atoms with E-state index in [0.29, 0.717) is 25.5 Å². The van der Waals surface area contributed by atoms with Crippen LogP contribution in [-0.2, 0) is 19.1 Å². The highest BCUT2D eigenvalue weighted by Gasteiger charge is 2.43. The predicted molar refractivity (Wildman–Crippen MR) is 101 cm³/mol. The SMILES string of the molecule is CCOCCC1(C(=O)NCCSSCCC(=O)O)CCC1.O=C(O)C(F)(F)F. The maximum Gasteiger partial charge on any atom is 0.490 e. The van der Waals surface area contributed by atoms with E-state index >= 15 is 0 Å². The van der Waals surface area contributed by atoms with Gasteiger partial charge in [-0.25, -0.2) is 4.79 Å². The molecular weight excluding hydrogens is 423 g/mol. The molecule has 0 aliphatic heterocycles. The Hall–Kier alpha value is -1.14. The van der Waals surface area contributed by atoms with E-state index in [1.165, 1.54) is 0 Å². The van der Waals surface area contributed by atoms with E-state index in [0.717, 1.165) is 31.4 Å². The fraction of sp³-hybridized carbons (Fsp3) is 0.812. The molecule has 0 unspecified atom stereocenters. The third kappa shape index (κ3) is 11.6. The molecule has 7 nitrogen and oxygen atoms in total. The van der Waals surface area contributed by atoms with Gasteiger partial charge in [-0.1, -0.05) is 28.0 Å². The number of carboxylic acids is 2. The smallest absolute Gasteiger partial charge is 0.481 e. The van der Waals surface area contributed by atoms with E-state index < -0.39 is 18.1 Å². The Morgan fingerprint density at radius 1 is 1.14 bits per heavy atom. The molecule has 0 aromatic carbocycles. The average molecular weight is 450 g/mol. The van der Waals surface area contributed by atoms with E-state index in [2.05, 4.69) is 5.32 Å². The first kappa shape index (κ1) is 26.9. The zero-order chi connectivity index (χ0) is 21.6. The molecule has 1 amide bonds. The number of aliphatic carboxylic acids is 2. The van der Waals surface area contributed by atoms with Gasteiger partial charge in [0.1, 0.15) is 0 Å². The van der Waals surface area contributed by atoms with Gasteiger partial charge in [0.2, 0.25) is 5.91 Å². The van der Waals surface area contributed by atoms with Crippen molar-refractivity contribution in [2.75, 3.05) is 31.3 Å². The zero-order valence-corrected chi connectivity index (χ0v) is 17.2. The van der Waals surface area contributed by atoms with Crippen molar-refractivity contribution in [2.45, 2.75) is 45.2 Å². The number of halogens is 3. The molecular formula is C16H26F3NO6S2. The number of hydrogen-bond acceptors (Lipinski definition) is 6. The summed E-state index contributed by atoms with van der Waals surface area (Å²) in [5, 5.41) is 18.6. The lowest BCUT2D eigenvalue weighted by Crippen LogP contribution is -2.46. The molecule has 0 radical (unpaired) electrons. The summed E-state index contributed by atoms with van der Waals surface area (Å²) in [4.78, 5) is 31.5. The van der Waals surface area contributed by atoms with Crippen molar-refractivity contribution in [1.29, 1.82) is 0 Å². The van der Waals surface area contributed by atoms with Crippen LogP contribution < -0.4 is 5.32 Å². The van der Waals surface area contributed by atoms with Crippen molar-refractivity contribution in [3.63, 3.8) is 0 Å². The van der Waals surface area contributed by atoms with Gasteiger partial charge in [0.25, 0.3) is 0 Å².